The molecule has 1 aliphatic carbocycles. The van der Waals surface area contributed by atoms with Gasteiger partial charge in [0.25, 0.3) is 0 Å². The van der Waals surface area contributed by atoms with Gasteiger partial charge in [-0.3, -0.25) is 9.59 Å². The number of likely N-dealkylation sites (tertiary alicyclic amines) is 1. The molecule has 5 heteroatoms. The molecule has 5 rings (SSSR count). The predicted octanol–water partition coefficient (Wildman–Crippen LogP) is 5.17. The van der Waals surface area contributed by atoms with Crippen LogP contribution in [0.5, 0.6) is 0 Å². The first-order valence-corrected chi connectivity index (χ1v) is 12.7. The average molecular weight is 463 g/mol. The van der Waals surface area contributed by atoms with E-state index in [4.69, 9.17) is 0 Å². The van der Waals surface area contributed by atoms with E-state index >= 15 is 0 Å². The Morgan fingerprint density at radius 1 is 0.971 bits per heavy atom. The van der Waals surface area contributed by atoms with Crippen LogP contribution in [-0.2, 0) is 15.0 Å². The Hall–Kier alpha value is -2.69. The van der Waals surface area contributed by atoms with Gasteiger partial charge in [-0.15, -0.1) is 0 Å². The van der Waals surface area contributed by atoms with Gasteiger partial charge in [-0.25, -0.2) is 4.39 Å². The summed E-state index contributed by atoms with van der Waals surface area (Å²) < 4.78 is 13.5. The molecule has 2 aliphatic heterocycles. The smallest absolute Gasteiger partial charge is 0.233 e. The highest BCUT2D eigenvalue weighted by Crippen LogP contribution is 2.50. The first-order valence-electron chi connectivity index (χ1n) is 12.7. The summed E-state index contributed by atoms with van der Waals surface area (Å²) >= 11 is 0. The monoisotopic (exact) mass is 462 g/mol. The van der Waals surface area contributed by atoms with Crippen LogP contribution in [0.3, 0.4) is 0 Å². The minimum Gasteiger partial charge on any atom is -0.355 e. The van der Waals surface area contributed by atoms with Gasteiger partial charge in [0.05, 0.1) is 5.41 Å². The van der Waals surface area contributed by atoms with E-state index < -0.39 is 5.41 Å². The lowest BCUT2D eigenvalue weighted by Gasteiger charge is -2.50. The number of aryl methyl sites for hydroxylation is 2. The van der Waals surface area contributed by atoms with Crippen molar-refractivity contribution in [1.29, 1.82) is 0 Å². The first kappa shape index (κ1) is 23.1. The van der Waals surface area contributed by atoms with Gasteiger partial charge in [0.2, 0.25) is 11.8 Å². The van der Waals surface area contributed by atoms with E-state index in [9.17, 15) is 14.0 Å². The van der Waals surface area contributed by atoms with E-state index in [-0.39, 0.29) is 29.0 Å². The van der Waals surface area contributed by atoms with E-state index in [2.05, 4.69) is 42.3 Å². The normalized spacial score (nSPS) is 23.7. The van der Waals surface area contributed by atoms with E-state index in [0.29, 0.717) is 26.1 Å². The second-order valence-electron chi connectivity index (χ2n) is 10.9. The molecule has 3 fully saturated rings. The molecule has 4 nitrogen and oxygen atoms in total. The van der Waals surface area contributed by atoms with E-state index in [1.54, 1.807) is 0 Å². The van der Waals surface area contributed by atoms with Gasteiger partial charge in [-0.05, 0) is 68.2 Å². The zero-order valence-electron chi connectivity index (χ0n) is 20.3. The summed E-state index contributed by atoms with van der Waals surface area (Å²) in [6.07, 6.45) is 6.08. The third-order valence-electron chi connectivity index (χ3n) is 8.71. The number of nitrogens with zero attached hydrogens (tertiary/aromatic N) is 1. The third-order valence-corrected chi connectivity index (χ3v) is 8.71. The summed E-state index contributed by atoms with van der Waals surface area (Å²) in [5, 5.41) is 3.02. The predicted molar refractivity (Wildman–Crippen MR) is 131 cm³/mol. The van der Waals surface area contributed by atoms with Crippen molar-refractivity contribution in [1.82, 2.24) is 10.2 Å². The van der Waals surface area contributed by atoms with Crippen molar-refractivity contribution in [3.05, 3.63) is 70.5 Å². The molecule has 0 unspecified atom stereocenters. The number of halogens is 1. The number of hydrogen-bond donors (Lipinski definition) is 1. The van der Waals surface area contributed by atoms with Crippen LogP contribution >= 0.6 is 0 Å². The molecular weight excluding hydrogens is 427 g/mol. The van der Waals surface area contributed by atoms with Crippen molar-refractivity contribution in [3.8, 4) is 0 Å². The molecule has 0 radical (unpaired) electrons. The van der Waals surface area contributed by atoms with Crippen LogP contribution in [0.1, 0.15) is 73.1 Å². The molecule has 2 heterocycles. The maximum atomic E-state index is 14.1. The Labute approximate surface area is 201 Å². The van der Waals surface area contributed by atoms with Gasteiger partial charge in [-0.2, -0.15) is 0 Å². The lowest BCUT2D eigenvalue weighted by atomic mass is 9.62. The van der Waals surface area contributed by atoms with Crippen molar-refractivity contribution in [2.45, 2.75) is 70.1 Å². The Morgan fingerprint density at radius 3 is 2.21 bits per heavy atom. The largest absolute Gasteiger partial charge is 0.355 e. The van der Waals surface area contributed by atoms with Gasteiger partial charge >= 0.3 is 0 Å². The Bertz CT molecular complexity index is 1060. The summed E-state index contributed by atoms with van der Waals surface area (Å²) in [5.41, 5.74) is 4.07. The Kier molecular flexibility index (Phi) is 5.99. The number of carbonyl (C=O) groups is 2. The Morgan fingerprint density at radius 2 is 1.59 bits per heavy atom. The minimum absolute atomic E-state index is 0.0839. The fourth-order valence-corrected chi connectivity index (χ4v) is 6.94. The molecule has 0 bridgehead atoms. The van der Waals surface area contributed by atoms with Gasteiger partial charge in [-0.1, -0.05) is 54.3 Å². The fourth-order valence-electron chi connectivity index (χ4n) is 6.94. The summed E-state index contributed by atoms with van der Waals surface area (Å²) in [6, 6.07) is 13.3. The van der Waals surface area contributed by atoms with Crippen LogP contribution in [0.15, 0.2) is 42.5 Å². The number of rotatable bonds is 3. The summed E-state index contributed by atoms with van der Waals surface area (Å²) in [4.78, 5) is 28.6. The van der Waals surface area contributed by atoms with E-state index in [0.717, 1.165) is 44.1 Å². The standard InChI is InChI=1S/C29H35FN2O2/c1-20-15-21(2)17-23(16-20)29(9-3-4-10-29)27(34)32-13-11-28(12-14-32)18-26(33)31-19-25(28)22-5-7-24(30)8-6-22/h5-8,15-17,25H,3-4,9-14,18-19H2,1-2H3,(H,31,33)/t25-/m0/s1. The quantitative estimate of drug-likeness (QED) is 0.684. The number of benzene rings is 2. The zero-order valence-corrected chi connectivity index (χ0v) is 20.3. The highest BCUT2D eigenvalue weighted by atomic mass is 19.1. The SMILES string of the molecule is Cc1cc(C)cc(C2(C(=O)N3CCC4(CC3)CC(=O)NC[C@H]4c3ccc(F)cc3)CCCC2)c1. The lowest BCUT2D eigenvalue weighted by Crippen LogP contribution is -2.55. The summed E-state index contributed by atoms with van der Waals surface area (Å²) in [6.45, 7) is 6.15. The third kappa shape index (κ3) is 4.03. The van der Waals surface area contributed by atoms with E-state index in [1.807, 2.05) is 12.1 Å². The summed E-state index contributed by atoms with van der Waals surface area (Å²) in [5.74, 6) is 0.248. The van der Waals surface area contributed by atoms with Crippen molar-refractivity contribution < 1.29 is 14.0 Å². The maximum Gasteiger partial charge on any atom is 0.233 e. The van der Waals surface area contributed by atoms with Crippen molar-refractivity contribution >= 4 is 11.8 Å². The van der Waals surface area contributed by atoms with Gasteiger partial charge in [0.15, 0.2) is 0 Å². The van der Waals surface area contributed by atoms with Crippen LogP contribution in [0, 0.1) is 25.1 Å². The van der Waals surface area contributed by atoms with Crippen molar-refractivity contribution in [2.75, 3.05) is 19.6 Å². The lowest BCUT2D eigenvalue weighted by molar-refractivity contribution is -0.141. The van der Waals surface area contributed by atoms with Crippen molar-refractivity contribution in [2.24, 2.45) is 5.41 Å². The molecule has 1 saturated carbocycles. The number of carbonyl (C=O) groups excluding carboxylic acids is 2. The Balaban J connectivity index is 1.39. The fraction of sp³-hybridized carbons (Fsp3) is 0.517. The van der Waals surface area contributed by atoms with Crippen LogP contribution in [0.2, 0.25) is 0 Å². The molecule has 2 aromatic carbocycles. The van der Waals surface area contributed by atoms with Gasteiger partial charge < -0.3 is 10.2 Å². The van der Waals surface area contributed by atoms with Crippen molar-refractivity contribution in [3.63, 3.8) is 0 Å². The van der Waals surface area contributed by atoms with Gasteiger partial charge in [0.1, 0.15) is 5.82 Å². The average Bonchev–Trinajstić information content (AvgIpc) is 3.31. The second kappa shape index (κ2) is 8.83. The van der Waals surface area contributed by atoms with Crippen LogP contribution in [0.25, 0.3) is 0 Å². The maximum absolute atomic E-state index is 14.1. The number of piperidine rings is 2. The molecule has 2 saturated heterocycles. The molecule has 180 valence electrons. The topological polar surface area (TPSA) is 49.4 Å². The summed E-state index contributed by atoms with van der Waals surface area (Å²) in [7, 11) is 0. The van der Waals surface area contributed by atoms with Crippen LogP contribution in [-0.4, -0.2) is 36.3 Å². The van der Waals surface area contributed by atoms with Crippen LogP contribution in [0.4, 0.5) is 4.39 Å². The number of hydrogen-bond acceptors (Lipinski definition) is 2. The molecule has 34 heavy (non-hydrogen) atoms. The number of amides is 2. The van der Waals surface area contributed by atoms with E-state index in [1.165, 1.54) is 28.8 Å². The molecule has 3 aliphatic rings. The molecule has 2 aromatic rings. The zero-order chi connectivity index (χ0) is 23.9. The molecule has 0 aromatic heterocycles. The molecule has 1 spiro atoms. The highest BCUT2D eigenvalue weighted by molar-refractivity contribution is 5.89. The first-order chi connectivity index (χ1) is 16.3. The van der Waals surface area contributed by atoms with Gasteiger partial charge in [0, 0.05) is 32.0 Å². The molecule has 1 atom stereocenters. The number of nitrogens with one attached hydrogen (secondary N) is 1. The van der Waals surface area contributed by atoms with Crippen LogP contribution < -0.4 is 5.32 Å². The molecular formula is C29H35FN2O2. The molecule has 2 amide bonds. The molecule has 1 N–H and O–H groups in total. The minimum atomic E-state index is -0.415. The highest BCUT2D eigenvalue weighted by Gasteiger charge is 2.50. The second-order valence-corrected chi connectivity index (χ2v) is 10.9.